The van der Waals surface area contributed by atoms with Gasteiger partial charge in [0.1, 0.15) is 0 Å². The van der Waals surface area contributed by atoms with Gasteiger partial charge in [-0.05, 0) is 49.5 Å². The molecule has 0 saturated heterocycles. The molecule has 2 rings (SSSR count). The van der Waals surface area contributed by atoms with Crippen molar-refractivity contribution in [1.82, 2.24) is 5.32 Å². The fraction of sp³-hybridized carbons (Fsp3) is 1.00. The third-order valence-corrected chi connectivity index (χ3v) is 5.31. The van der Waals surface area contributed by atoms with Crippen LogP contribution in [0.15, 0.2) is 0 Å². The van der Waals surface area contributed by atoms with Gasteiger partial charge in [0.15, 0.2) is 0 Å². The minimum atomic E-state index is 0.820. The zero-order valence-electron chi connectivity index (χ0n) is 12.0. The highest BCUT2D eigenvalue weighted by Crippen LogP contribution is 2.40. The molecule has 1 nitrogen and oxygen atoms in total. The van der Waals surface area contributed by atoms with Gasteiger partial charge in [-0.15, -0.1) is 0 Å². The summed E-state index contributed by atoms with van der Waals surface area (Å²) in [5.41, 5.74) is 0. The van der Waals surface area contributed by atoms with Crippen LogP contribution in [0.2, 0.25) is 0 Å². The van der Waals surface area contributed by atoms with Crippen LogP contribution in [0.25, 0.3) is 0 Å². The molecule has 17 heavy (non-hydrogen) atoms. The van der Waals surface area contributed by atoms with Gasteiger partial charge in [-0.25, -0.2) is 0 Å². The van der Waals surface area contributed by atoms with Crippen molar-refractivity contribution in [3.05, 3.63) is 0 Å². The topological polar surface area (TPSA) is 12.0 Å². The molecule has 2 aliphatic rings. The summed E-state index contributed by atoms with van der Waals surface area (Å²) in [6.45, 7) is 8.36. The maximum Gasteiger partial charge on any atom is 0.0126 e. The maximum atomic E-state index is 3.85. The Bertz CT molecular complexity index is 226. The van der Waals surface area contributed by atoms with Gasteiger partial charge in [-0.3, -0.25) is 0 Å². The van der Waals surface area contributed by atoms with Crippen LogP contribution in [-0.4, -0.2) is 12.6 Å². The summed E-state index contributed by atoms with van der Waals surface area (Å²) in [5, 5.41) is 3.85. The van der Waals surface area contributed by atoms with Crippen LogP contribution < -0.4 is 5.32 Å². The second-order valence-corrected chi connectivity index (χ2v) is 6.69. The summed E-state index contributed by atoms with van der Waals surface area (Å²) in [4.78, 5) is 0. The molecule has 0 bridgehead atoms. The van der Waals surface area contributed by atoms with Crippen LogP contribution >= 0.6 is 0 Å². The summed E-state index contributed by atoms with van der Waals surface area (Å²) < 4.78 is 0. The minimum Gasteiger partial charge on any atom is -0.314 e. The van der Waals surface area contributed by atoms with E-state index in [4.69, 9.17) is 0 Å². The highest BCUT2D eigenvalue weighted by Gasteiger charge is 2.36. The third kappa shape index (κ3) is 3.24. The molecule has 0 radical (unpaired) electrons. The SMILES string of the molecule is CCNC(C1CCCC(C)C1)C1CCCC1C. The molecular weight excluding hydrogens is 206 g/mol. The quantitative estimate of drug-likeness (QED) is 0.771. The third-order valence-electron chi connectivity index (χ3n) is 5.31. The zero-order valence-corrected chi connectivity index (χ0v) is 12.0. The summed E-state index contributed by atoms with van der Waals surface area (Å²) >= 11 is 0. The van der Waals surface area contributed by atoms with Gasteiger partial charge in [-0.1, -0.05) is 46.5 Å². The predicted octanol–water partition coefficient (Wildman–Crippen LogP) is 4.23. The largest absolute Gasteiger partial charge is 0.314 e. The number of rotatable bonds is 4. The van der Waals surface area contributed by atoms with Crippen molar-refractivity contribution in [3.8, 4) is 0 Å². The molecule has 1 N–H and O–H groups in total. The lowest BCUT2D eigenvalue weighted by Crippen LogP contribution is -2.44. The number of hydrogen-bond donors (Lipinski definition) is 1. The minimum absolute atomic E-state index is 0.820. The van der Waals surface area contributed by atoms with Gasteiger partial charge >= 0.3 is 0 Å². The standard InChI is InChI=1S/C16H31N/c1-4-17-16(15-10-6-8-13(15)3)14-9-5-7-12(2)11-14/h12-17H,4-11H2,1-3H3. The molecule has 5 atom stereocenters. The van der Waals surface area contributed by atoms with Crippen LogP contribution in [0, 0.1) is 23.7 Å². The molecule has 0 amide bonds. The first kappa shape index (κ1) is 13.4. The first-order valence-electron chi connectivity index (χ1n) is 7.95. The molecule has 2 saturated carbocycles. The summed E-state index contributed by atoms with van der Waals surface area (Å²) in [5.74, 6) is 3.84. The lowest BCUT2D eigenvalue weighted by Gasteiger charge is -2.38. The van der Waals surface area contributed by atoms with Gasteiger partial charge in [0, 0.05) is 6.04 Å². The van der Waals surface area contributed by atoms with E-state index in [-0.39, 0.29) is 0 Å². The van der Waals surface area contributed by atoms with Crippen molar-refractivity contribution in [3.63, 3.8) is 0 Å². The van der Waals surface area contributed by atoms with Crippen molar-refractivity contribution in [2.24, 2.45) is 23.7 Å². The van der Waals surface area contributed by atoms with Gasteiger partial charge in [-0.2, -0.15) is 0 Å². The second kappa shape index (κ2) is 6.22. The predicted molar refractivity (Wildman–Crippen MR) is 75.1 cm³/mol. The van der Waals surface area contributed by atoms with Crippen molar-refractivity contribution < 1.29 is 0 Å². The molecule has 2 aliphatic carbocycles. The lowest BCUT2D eigenvalue weighted by molar-refractivity contribution is 0.160. The molecule has 0 aliphatic heterocycles. The molecule has 5 unspecified atom stereocenters. The van der Waals surface area contributed by atoms with Gasteiger partial charge in [0.05, 0.1) is 0 Å². The number of nitrogens with one attached hydrogen (secondary N) is 1. The molecule has 100 valence electrons. The van der Waals surface area contributed by atoms with E-state index in [0.29, 0.717) is 0 Å². The van der Waals surface area contributed by atoms with Crippen molar-refractivity contribution >= 4 is 0 Å². The average Bonchev–Trinajstić information content (AvgIpc) is 2.72. The molecule has 0 aromatic heterocycles. The van der Waals surface area contributed by atoms with Crippen LogP contribution in [0.4, 0.5) is 0 Å². The molecule has 0 heterocycles. The Morgan fingerprint density at radius 2 is 1.82 bits per heavy atom. The van der Waals surface area contributed by atoms with Gasteiger partial charge < -0.3 is 5.32 Å². The summed E-state index contributed by atoms with van der Waals surface area (Å²) in [6, 6.07) is 0.820. The Morgan fingerprint density at radius 1 is 1.06 bits per heavy atom. The zero-order chi connectivity index (χ0) is 12.3. The van der Waals surface area contributed by atoms with Crippen LogP contribution in [-0.2, 0) is 0 Å². The van der Waals surface area contributed by atoms with Crippen molar-refractivity contribution in [2.45, 2.75) is 71.8 Å². The van der Waals surface area contributed by atoms with Crippen molar-refractivity contribution in [1.29, 1.82) is 0 Å². The van der Waals surface area contributed by atoms with E-state index in [1.54, 1.807) is 0 Å². The Labute approximate surface area is 108 Å². The van der Waals surface area contributed by atoms with E-state index in [1.165, 1.54) is 44.9 Å². The lowest BCUT2D eigenvalue weighted by atomic mass is 9.73. The summed E-state index contributed by atoms with van der Waals surface area (Å²) in [6.07, 6.45) is 10.3. The fourth-order valence-electron chi connectivity index (χ4n) is 4.42. The highest BCUT2D eigenvalue weighted by atomic mass is 14.9. The highest BCUT2D eigenvalue weighted by molar-refractivity contribution is 4.90. The second-order valence-electron chi connectivity index (χ2n) is 6.69. The Morgan fingerprint density at radius 3 is 2.41 bits per heavy atom. The molecule has 0 spiro atoms. The smallest absolute Gasteiger partial charge is 0.0126 e. The van der Waals surface area contributed by atoms with Crippen molar-refractivity contribution in [2.75, 3.05) is 6.54 Å². The average molecular weight is 237 g/mol. The molecular formula is C16H31N. The van der Waals surface area contributed by atoms with E-state index < -0.39 is 0 Å². The summed E-state index contributed by atoms with van der Waals surface area (Å²) in [7, 11) is 0. The fourth-order valence-corrected chi connectivity index (χ4v) is 4.42. The first-order valence-corrected chi connectivity index (χ1v) is 7.95. The van der Waals surface area contributed by atoms with Gasteiger partial charge in [0.2, 0.25) is 0 Å². The van der Waals surface area contributed by atoms with E-state index in [2.05, 4.69) is 26.1 Å². The van der Waals surface area contributed by atoms with E-state index >= 15 is 0 Å². The Balaban J connectivity index is 1.99. The van der Waals surface area contributed by atoms with E-state index in [1.807, 2.05) is 0 Å². The first-order chi connectivity index (χ1) is 8.22. The molecule has 1 heteroatoms. The Hall–Kier alpha value is -0.0400. The van der Waals surface area contributed by atoms with Crippen LogP contribution in [0.1, 0.15) is 65.7 Å². The molecule has 0 aromatic rings. The molecule has 0 aromatic carbocycles. The van der Waals surface area contributed by atoms with E-state index in [0.717, 1.165) is 36.3 Å². The molecule has 2 fully saturated rings. The number of hydrogen-bond acceptors (Lipinski definition) is 1. The van der Waals surface area contributed by atoms with Gasteiger partial charge in [0.25, 0.3) is 0 Å². The van der Waals surface area contributed by atoms with Crippen LogP contribution in [0.3, 0.4) is 0 Å². The maximum absolute atomic E-state index is 3.85. The van der Waals surface area contributed by atoms with E-state index in [9.17, 15) is 0 Å². The van der Waals surface area contributed by atoms with Crippen LogP contribution in [0.5, 0.6) is 0 Å². The normalized spacial score (nSPS) is 40.4. The monoisotopic (exact) mass is 237 g/mol. The Kier molecular flexibility index (Phi) is 4.90.